The first-order valence-electron chi connectivity index (χ1n) is 8.48. The van der Waals surface area contributed by atoms with Crippen molar-refractivity contribution >= 4 is 35.6 Å². The van der Waals surface area contributed by atoms with E-state index in [9.17, 15) is 10.1 Å². The van der Waals surface area contributed by atoms with Gasteiger partial charge in [0.1, 0.15) is 0 Å². The van der Waals surface area contributed by atoms with Crippen molar-refractivity contribution in [2.75, 3.05) is 13.2 Å². The highest BCUT2D eigenvalue weighted by molar-refractivity contribution is 14.0. The Kier molecular flexibility index (Phi) is 9.73. The van der Waals surface area contributed by atoms with Crippen LogP contribution in [-0.4, -0.2) is 36.2 Å². The van der Waals surface area contributed by atoms with Gasteiger partial charge in [-0.25, -0.2) is 4.99 Å². The number of nitro groups is 1. The van der Waals surface area contributed by atoms with E-state index < -0.39 is 4.92 Å². The van der Waals surface area contributed by atoms with Gasteiger partial charge in [-0.05, 0) is 31.7 Å². The van der Waals surface area contributed by atoms with Gasteiger partial charge in [0.05, 0.1) is 17.6 Å². The first-order valence-corrected chi connectivity index (χ1v) is 8.48. The molecule has 1 fully saturated rings. The van der Waals surface area contributed by atoms with Crippen LogP contribution in [0.4, 0.5) is 5.69 Å². The minimum Gasteiger partial charge on any atom is -0.376 e. The van der Waals surface area contributed by atoms with Crippen molar-refractivity contribution in [2.24, 2.45) is 4.99 Å². The highest BCUT2D eigenvalue weighted by atomic mass is 127. The molecule has 0 spiro atoms. The molecule has 0 bridgehead atoms. The van der Waals surface area contributed by atoms with Crippen molar-refractivity contribution in [3.05, 3.63) is 39.9 Å². The van der Waals surface area contributed by atoms with Crippen LogP contribution in [-0.2, 0) is 11.3 Å². The third-order valence-corrected chi connectivity index (χ3v) is 4.08. The number of benzene rings is 1. The molecule has 0 radical (unpaired) electrons. The molecule has 0 aromatic heterocycles. The maximum atomic E-state index is 10.7. The minimum atomic E-state index is -0.397. The van der Waals surface area contributed by atoms with Crippen LogP contribution in [0, 0.1) is 10.1 Å². The number of ether oxygens (including phenoxy) is 1. The van der Waals surface area contributed by atoms with Gasteiger partial charge in [-0.15, -0.1) is 24.0 Å². The van der Waals surface area contributed by atoms with E-state index in [2.05, 4.69) is 29.5 Å². The largest absolute Gasteiger partial charge is 0.376 e. The molecule has 1 aromatic carbocycles. The second-order valence-electron chi connectivity index (χ2n) is 6.06. The Labute approximate surface area is 165 Å². The molecule has 1 heterocycles. The third kappa shape index (κ3) is 7.55. The summed E-state index contributed by atoms with van der Waals surface area (Å²) in [7, 11) is 0. The van der Waals surface area contributed by atoms with Gasteiger partial charge in [0, 0.05) is 31.3 Å². The lowest BCUT2D eigenvalue weighted by Gasteiger charge is -2.19. The molecule has 1 saturated heterocycles. The molecular formula is C17H27IN4O3. The maximum Gasteiger partial charge on any atom is 0.269 e. The van der Waals surface area contributed by atoms with Crippen molar-refractivity contribution in [3.8, 4) is 0 Å². The molecule has 0 saturated carbocycles. The third-order valence-electron chi connectivity index (χ3n) is 4.08. The highest BCUT2D eigenvalue weighted by Gasteiger charge is 2.16. The van der Waals surface area contributed by atoms with Crippen molar-refractivity contribution < 1.29 is 9.66 Å². The summed E-state index contributed by atoms with van der Waals surface area (Å²) in [6.07, 6.45) is 3.43. The first kappa shape index (κ1) is 21.6. The molecule has 2 rings (SSSR count). The number of hydrogen-bond donors (Lipinski definition) is 2. The summed E-state index contributed by atoms with van der Waals surface area (Å²) in [5.74, 6) is 0.748. The first-order chi connectivity index (χ1) is 11.6. The molecule has 140 valence electrons. The van der Waals surface area contributed by atoms with Crippen LogP contribution in [0.15, 0.2) is 29.3 Å². The zero-order valence-electron chi connectivity index (χ0n) is 14.7. The summed E-state index contributed by atoms with van der Waals surface area (Å²) in [5, 5.41) is 17.4. The van der Waals surface area contributed by atoms with Crippen molar-refractivity contribution in [2.45, 2.75) is 51.8 Å². The van der Waals surface area contributed by atoms with Crippen LogP contribution in [0.1, 0.15) is 38.7 Å². The van der Waals surface area contributed by atoms with Crippen LogP contribution in [0.25, 0.3) is 0 Å². The van der Waals surface area contributed by atoms with Gasteiger partial charge in [0.25, 0.3) is 5.69 Å². The number of nitro benzene ring substituents is 1. The number of guanidine groups is 1. The highest BCUT2D eigenvalue weighted by Crippen LogP contribution is 2.13. The van der Waals surface area contributed by atoms with Crippen molar-refractivity contribution in [3.63, 3.8) is 0 Å². The molecule has 8 heteroatoms. The summed E-state index contributed by atoms with van der Waals surface area (Å²) < 4.78 is 5.62. The monoisotopic (exact) mass is 462 g/mol. The van der Waals surface area contributed by atoms with E-state index in [1.807, 2.05) is 0 Å². The summed E-state index contributed by atoms with van der Waals surface area (Å²) in [6, 6.07) is 6.81. The summed E-state index contributed by atoms with van der Waals surface area (Å²) in [6.45, 7) is 6.26. The fourth-order valence-electron chi connectivity index (χ4n) is 2.40. The fourth-order valence-corrected chi connectivity index (χ4v) is 2.40. The van der Waals surface area contributed by atoms with Gasteiger partial charge >= 0.3 is 0 Å². The Bertz CT molecular complexity index is 560. The van der Waals surface area contributed by atoms with E-state index in [0.717, 1.165) is 43.9 Å². The number of nitrogens with zero attached hydrogens (tertiary/aromatic N) is 2. The molecule has 25 heavy (non-hydrogen) atoms. The lowest BCUT2D eigenvalue weighted by atomic mass is 10.2. The average molecular weight is 462 g/mol. The molecule has 2 unspecified atom stereocenters. The zero-order valence-corrected chi connectivity index (χ0v) is 17.1. The Morgan fingerprint density at radius 1 is 1.44 bits per heavy atom. The van der Waals surface area contributed by atoms with E-state index in [-0.39, 0.29) is 35.8 Å². The van der Waals surface area contributed by atoms with E-state index >= 15 is 0 Å². The van der Waals surface area contributed by atoms with E-state index in [4.69, 9.17) is 4.74 Å². The maximum absolute atomic E-state index is 10.7. The predicted molar refractivity (Wildman–Crippen MR) is 110 cm³/mol. The normalized spacial score (nSPS) is 18.3. The molecule has 1 aliphatic heterocycles. The number of rotatable bonds is 7. The molecular weight excluding hydrogens is 435 g/mol. The number of non-ortho nitro benzene ring substituents is 1. The number of nitrogens with one attached hydrogen (secondary N) is 2. The molecule has 1 aromatic rings. The Hall–Kier alpha value is -1.42. The van der Waals surface area contributed by atoms with Gasteiger partial charge in [0.2, 0.25) is 0 Å². The molecule has 2 N–H and O–H groups in total. The Morgan fingerprint density at radius 2 is 2.16 bits per heavy atom. The minimum absolute atomic E-state index is 0. The predicted octanol–water partition coefficient (Wildman–Crippen LogP) is 3.23. The Balaban J connectivity index is 0.00000312. The second-order valence-corrected chi connectivity index (χ2v) is 6.06. The topological polar surface area (TPSA) is 88.8 Å². The van der Waals surface area contributed by atoms with E-state index in [0.29, 0.717) is 12.6 Å². The van der Waals surface area contributed by atoms with Crippen LogP contribution < -0.4 is 10.6 Å². The van der Waals surface area contributed by atoms with Crippen LogP contribution in [0.2, 0.25) is 0 Å². The SMILES string of the molecule is CCC(C)NC(=NCc1ccc([N+](=O)[O-])cc1)NCC1CCCO1.I. The Morgan fingerprint density at radius 3 is 2.72 bits per heavy atom. The van der Waals surface area contributed by atoms with E-state index in [1.54, 1.807) is 12.1 Å². The second kappa shape index (κ2) is 11.2. The summed E-state index contributed by atoms with van der Waals surface area (Å²) >= 11 is 0. The zero-order chi connectivity index (χ0) is 17.4. The molecule has 1 aliphatic rings. The van der Waals surface area contributed by atoms with Gasteiger partial charge in [-0.1, -0.05) is 19.1 Å². The standard InChI is InChI=1S/C17H26N4O3.HI/c1-3-13(2)20-17(19-12-16-5-4-10-24-16)18-11-14-6-8-15(9-7-14)21(22)23;/h6-9,13,16H,3-5,10-12H2,1-2H3,(H2,18,19,20);1H. The van der Waals surface area contributed by atoms with Gasteiger partial charge in [-0.3, -0.25) is 10.1 Å². The quantitative estimate of drug-likeness (QED) is 0.214. The summed E-state index contributed by atoms with van der Waals surface area (Å²) in [5.41, 5.74) is 1.03. The smallest absolute Gasteiger partial charge is 0.269 e. The van der Waals surface area contributed by atoms with Crippen molar-refractivity contribution in [1.29, 1.82) is 0 Å². The van der Waals surface area contributed by atoms with Crippen molar-refractivity contribution in [1.82, 2.24) is 10.6 Å². The lowest BCUT2D eigenvalue weighted by molar-refractivity contribution is -0.384. The number of halogens is 1. The number of aliphatic imine (C=N–C) groups is 1. The van der Waals surface area contributed by atoms with Crippen LogP contribution in [0.5, 0.6) is 0 Å². The molecule has 7 nitrogen and oxygen atoms in total. The molecule has 0 aliphatic carbocycles. The van der Waals surface area contributed by atoms with Crippen LogP contribution >= 0.6 is 24.0 Å². The molecule has 2 atom stereocenters. The van der Waals surface area contributed by atoms with Gasteiger partial charge < -0.3 is 15.4 Å². The fraction of sp³-hybridized carbons (Fsp3) is 0.588. The molecule has 0 amide bonds. The van der Waals surface area contributed by atoms with Gasteiger partial charge in [0.15, 0.2) is 5.96 Å². The summed E-state index contributed by atoms with van der Waals surface area (Å²) in [4.78, 5) is 14.9. The van der Waals surface area contributed by atoms with Gasteiger partial charge in [-0.2, -0.15) is 0 Å². The number of hydrogen-bond acceptors (Lipinski definition) is 4. The average Bonchev–Trinajstić information content (AvgIpc) is 3.11. The van der Waals surface area contributed by atoms with E-state index in [1.165, 1.54) is 12.1 Å². The lowest BCUT2D eigenvalue weighted by Crippen LogP contribution is -2.44. The van der Waals surface area contributed by atoms with Crippen LogP contribution in [0.3, 0.4) is 0 Å².